The minimum atomic E-state index is -2.67. The van der Waals surface area contributed by atoms with Crippen molar-refractivity contribution in [3.63, 3.8) is 0 Å². The Morgan fingerprint density at radius 2 is 2.00 bits per heavy atom. The Kier molecular flexibility index (Phi) is 3.07. The van der Waals surface area contributed by atoms with E-state index in [9.17, 15) is 18.9 Å². The topological polar surface area (TPSA) is 59.3 Å². The zero-order valence-electron chi connectivity index (χ0n) is 10.8. The van der Waals surface area contributed by atoms with Gasteiger partial charge in [-0.1, -0.05) is 0 Å². The van der Waals surface area contributed by atoms with E-state index in [-0.39, 0.29) is 36.4 Å². The molecule has 2 fully saturated rings. The van der Waals surface area contributed by atoms with Crippen molar-refractivity contribution < 1.29 is 13.7 Å². The first-order chi connectivity index (χ1) is 9.48. The second kappa shape index (κ2) is 4.64. The smallest absolute Gasteiger partial charge is 0.311 e. The zero-order chi connectivity index (χ0) is 14.3. The van der Waals surface area contributed by atoms with Gasteiger partial charge in [-0.05, 0) is 25.3 Å². The van der Waals surface area contributed by atoms with Crippen LogP contribution in [0, 0.1) is 10.1 Å². The van der Waals surface area contributed by atoms with Crippen molar-refractivity contribution >= 4 is 11.5 Å². The summed E-state index contributed by atoms with van der Waals surface area (Å²) in [5.74, 6) is -2.43. The fraction of sp³-hybridized carbons (Fsp3) is 0.615. The summed E-state index contributed by atoms with van der Waals surface area (Å²) >= 11 is 0. The molecular weight excluding hydrogens is 268 g/mol. The van der Waals surface area contributed by atoms with Crippen LogP contribution in [0.2, 0.25) is 0 Å². The van der Waals surface area contributed by atoms with E-state index in [1.165, 1.54) is 18.3 Å². The van der Waals surface area contributed by atoms with Crippen LogP contribution in [0.25, 0.3) is 0 Å². The van der Waals surface area contributed by atoms with Crippen molar-refractivity contribution in [1.29, 1.82) is 0 Å². The Morgan fingerprint density at radius 1 is 1.35 bits per heavy atom. The summed E-state index contributed by atoms with van der Waals surface area (Å²) in [6.45, 7) is 0. The van der Waals surface area contributed by atoms with E-state index in [4.69, 9.17) is 0 Å². The third-order valence-electron chi connectivity index (χ3n) is 4.14. The molecule has 3 heterocycles. The Morgan fingerprint density at radius 3 is 2.60 bits per heavy atom. The fourth-order valence-electron chi connectivity index (χ4n) is 3.41. The molecule has 0 saturated carbocycles. The first-order valence-electron chi connectivity index (χ1n) is 6.73. The van der Waals surface area contributed by atoms with Crippen LogP contribution in [0.1, 0.15) is 32.1 Å². The second-order valence-electron chi connectivity index (χ2n) is 5.51. The highest BCUT2D eigenvalue weighted by molar-refractivity contribution is 5.59. The number of hydrogen-bond acceptors (Lipinski definition) is 4. The monoisotopic (exact) mass is 283 g/mol. The highest BCUT2D eigenvalue weighted by atomic mass is 19.3. The Bertz CT molecular complexity index is 522. The third kappa shape index (κ3) is 2.21. The molecule has 0 radical (unpaired) electrons. The molecule has 2 bridgehead atoms. The summed E-state index contributed by atoms with van der Waals surface area (Å²) in [4.78, 5) is 16.5. The number of alkyl halides is 2. The lowest BCUT2D eigenvalue weighted by molar-refractivity contribution is -0.384. The van der Waals surface area contributed by atoms with Gasteiger partial charge in [-0.15, -0.1) is 0 Å². The van der Waals surface area contributed by atoms with Gasteiger partial charge in [0.2, 0.25) is 5.82 Å². The van der Waals surface area contributed by atoms with Crippen LogP contribution >= 0.6 is 0 Å². The van der Waals surface area contributed by atoms with E-state index in [0.29, 0.717) is 12.8 Å². The van der Waals surface area contributed by atoms with Gasteiger partial charge in [0.25, 0.3) is 5.92 Å². The number of halogens is 2. The third-order valence-corrected chi connectivity index (χ3v) is 4.14. The number of fused-ring (bicyclic) bond motifs is 2. The van der Waals surface area contributed by atoms with Gasteiger partial charge in [0.1, 0.15) is 0 Å². The Balaban J connectivity index is 2.00. The van der Waals surface area contributed by atoms with Crippen LogP contribution in [0.15, 0.2) is 18.3 Å². The van der Waals surface area contributed by atoms with Crippen molar-refractivity contribution in [2.24, 2.45) is 0 Å². The van der Waals surface area contributed by atoms with Crippen LogP contribution in [-0.2, 0) is 0 Å². The molecule has 7 heteroatoms. The Hall–Kier alpha value is -1.79. The van der Waals surface area contributed by atoms with Crippen LogP contribution in [0.5, 0.6) is 0 Å². The van der Waals surface area contributed by atoms with Gasteiger partial charge in [0.05, 0.1) is 4.92 Å². The maximum atomic E-state index is 13.7. The van der Waals surface area contributed by atoms with Crippen molar-refractivity contribution in [1.82, 2.24) is 4.98 Å². The number of rotatable bonds is 2. The normalized spacial score (nSPS) is 28.2. The summed E-state index contributed by atoms with van der Waals surface area (Å²) in [6.07, 6.45) is 3.17. The molecule has 2 aliphatic heterocycles. The van der Waals surface area contributed by atoms with Gasteiger partial charge in [-0.3, -0.25) is 10.1 Å². The quantitative estimate of drug-likeness (QED) is 0.618. The minimum Gasteiger partial charge on any atom is -0.344 e. The first kappa shape index (κ1) is 13.2. The highest BCUT2D eigenvalue weighted by Crippen LogP contribution is 2.45. The van der Waals surface area contributed by atoms with Crippen LogP contribution in [0.3, 0.4) is 0 Å². The van der Waals surface area contributed by atoms with Gasteiger partial charge in [0, 0.05) is 37.2 Å². The molecule has 0 amide bonds. The zero-order valence-corrected chi connectivity index (χ0v) is 10.8. The maximum Gasteiger partial charge on any atom is 0.311 e. The van der Waals surface area contributed by atoms with E-state index >= 15 is 0 Å². The number of anilines is 1. The fourth-order valence-corrected chi connectivity index (χ4v) is 3.41. The van der Waals surface area contributed by atoms with E-state index < -0.39 is 10.8 Å². The number of pyridine rings is 1. The van der Waals surface area contributed by atoms with E-state index in [1.54, 1.807) is 4.90 Å². The maximum absolute atomic E-state index is 13.7. The van der Waals surface area contributed by atoms with Crippen molar-refractivity contribution in [2.45, 2.75) is 50.1 Å². The van der Waals surface area contributed by atoms with E-state index in [2.05, 4.69) is 4.98 Å². The SMILES string of the molecule is O=[N+]([O-])c1cccnc1N1C2CCCC1CC(F)(F)C2. The molecule has 2 atom stereocenters. The first-order valence-corrected chi connectivity index (χ1v) is 6.73. The lowest BCUT2D eigenvalue weighted by atomic mass is 9.82. The predicted octanol–water partition coefficient (Wildman–Crippen LogP) is 3.15. The summed E-state index contributed by atoms with van der Waals surface area (Å²) < 4.78 is 27.4. The van der Waals surface area contributed by atoms with Gasteiger partial charge < -0.3 is 4.90 Å². The largest absolute Gasteiger partial charge is 0.344 e. The summed E-state index contributed by atoms with van der Waals surface area (Å²) in [6, 6.07) is 2.16. The van der Waals surface area contributed by atoms with Gasteiger partial charge >= 0.3 is 5.69 Å². The number of aromatic nitrogens is 1. The standard InChI is InChI=1S/C13H15F2N3O2/c14-13(15)7-9-3-1-4-10(8-13)17(9)12-11(18(19)20)5-2-6-16-12/h2,5-6,9-10H,1,3-4,7-8H2. The lowest BCUT2D eigenvalue weighted by Gasteiger charge is -2.48. The van der Waals surface area contributed by atoms with Crippen LogP contribution in [-0.4, -0.2) is 27.9 Å². The molecule has 5 nitrogen and oxygen atoms in total. The average molecular weight is 283 g/mol. The number of piperidine rings is 2. The molecular formula is C13H15F2N3O2. The molecule has 2 unspecified atom stereocenters. The molecule has 108 valence electrons. The van der Waals surface area contributed by atoms with Gasteiger partial charge in [-0.25, -0.2) is 13.8 Å². The van der Waals surface area contributed by atoms with Crippen molar-refractivity contribution in [3.05, 3.63) is 28.4 Å². The molecule has 2 saturated heterocycles. The number of hydrogen-bond donors (Lipinski definition) is 0. The molecule has 0 spiro atoms. The molecule has 1 aromatic heterocycles. The van der Waals surface area contributed by atoms with Crippen molar-refractivity contribution in [2.75, 3.05) is 4.90 Å². The summed E-state index contributed by atoms with van der Waals surface area (Å²) in [5.41, 5.74) is -0.102. The molecule has 20 heavy (non-hydrogen) atoms. The Labute approximate surface area is 114 Å². The van der Waals surface area contributed by atoms with E-state index in [1.807, 2.05) is 0 Å². The van der Waals surface area contributed by atoms with Crippen molar-refractivity contribution in [3.8, 4) is 0 Å². The van der Waals surface area contributed by atoms with Gasteiger partial charge in [-0.2, -0.15) is 0 Å². The second-order valence-corrected chi connectivity index (χ2v) is 5.51. The average Bonchev–Trinajstić information content (AvgIpc) is 2.36. The number of nitrogens with zero attached hydrogens (tertiary/aromatic N) is 3. The molecule has 3 rings (SSSR count). The summed E-state index contributed by atoms with van der Waals surface area (Å²) in [5, 5.41) is 11.1. The van der Waals surface area contributed by atoms with Gasteiger partial charge in [0.15, 0.2) is 0 Å². The van der Waals surface area contributed by atoms with Crippen LogP contribution < -0.4 is 4.90 Å². The minimum absolute atomic E-state index is 0.102. The predicted molar refractivity (Wildman–Crippen MR) is 69.0 cm³/mol. The number of nitro groups is 1. The molecule has 1 aromatic rings. The van der Waals surface area contributed by atoms with E-state index in [0.717, 1.165) is 6.42 Å². The summed E-state index contributed by atoms with van der Waals surface area (Å²) in [7, 11) is 0. The van der Waals surface area contributed by atoms with Crippen LogP contribution in [0.4, 0.5) is 20.3 Å². The molecule has 0 aromatic carbocycles. The molecule has 0 N–H and O–H groups in total. The molecule has 2 aliphatic rings. The highest BCUT2D eigenvalue weighted by Gasteiger charge is 2.48. The molecule has 0 aliphatic carbocycles. The lowest BCUT2D eigenvalue weighted by Crippen LogP contribution is -2.56.